The molecular weight excluding hydrogens is 207 g/mol. The molecule has 0 aliphatic rings. The van der Waals surface area contributed by atoms with E-state index in [0.717, 1.165) is 9.40 Å². The summed E-state index contributed by atoms with van der Waals surface area (Å²) in [6.07, 6.45) is 0. The highest BCUT2D eigenvalue weighted by atomic mass is 35.5. The van der Waals surface area contributed by atoms with Gasteiger partial charge < -0.3 is 0 Å². The number of fused-ring (bicyclic) bond motifs is 1. The van der Waals surface area contributed by atoms with Crippen LogP contribution in [0.5, 0.6) is 0 Å². The van der Waals surface area contributed by atoms with E-state index in [1.54, 1.807) is 0 Å². The van der Waals surface area contributed by atoms with Crippen molar-refractivity contribution in [3.63, 3.8) is 0 Å². The molecule has 0 amide bonds. The first-order valence-electron chi connectivity index (χ1n) is 2.44. The second-order valence-corrected chi connectivity index (χ2v) is 4.08. The number of hydrogen-bond acceptors (Lipinski definition) is 2. The number of thiophene rings is 2. The Morgan fingerprint density at radius 1 is 0.900 bits per heavy atom. The van der Waals surface area contributed by atoms with Crippen LogP contribution < -0.4 is 0 Å². The smallest absolute Gasteiger partial charge is 0.0780 e. The lowest BCUT2D eigenvalue weighted by Crippen LogP contribution is -1.45. The van der Waals surface area contributed by atoms with Gasteiger partial charge in [0.15, 0.2) is 0 Å². The van der Waals surface area contributed by atoms with Gasteiger partial charge in [-0.15, -0.1) is 22.7 Å². The summed E-state index contributed by atoms with van der Waals surface area (Å²) in [5.74, 6) is 0. The summed E-state index contributed by atoms with van der Waals surface area (Å²) in [5.41, 5.74) is 0. The Hall–Kier alpha value is 0.240. The molecule has 2 aromatic heterocycles. The van der Waals surface area contributed by atoms with Gasteiger partial charge in [0, 0.05) is 0 Å². The van der Waals surface area contributed by atoms with Crippen molar-refractivity contribution in [2.24, 2.45) is 0 Å². The fourth-order valence-corrected chi connectivity index (χ4v) is 3.07. The molecule has 0 saturated heterocycles. The first-order valence-corrected chi connectivity index (χ1v) is 4.83. The lowest BCUT2D eigenvalue weighted by molar-refractivity contribution is 2.17. The van der Waals surface area contributed by atoms with E-state index in [2.05, 4.69) is 10.8 Å². The molecule has 2 radical (unpaired) electrons. The van der Waals surface area contributed by atoms with Crippen LogP contribution in [0, 0.1) is 10.8 Å². The van der Waals surface area contributed by atoms with Crippen molar-refractivity contribution in [3.05, 3.63) is 20.8 Å². The average molecular weight is 207 g/mol. The van der Waals surface area contributed by atoms with Crippen molar-refractivity contribution in [1.82, 2.24) is 0 Å². The van der Waals surface area contributed by atoms with E-state index >= 15 is 0 Å². The summed E-state index contributed by atoms with van der Waals surface area (Å²) in [6, 6.07) is 0. The van der Waals surface area contributed by atoms with Gasteiger partial charge in [-0.2, -0.15) is 0 Å². The van der Waals surface area contributed by atoms with Crippen LogP contribution in [-0.4, -0.2) is 0 Å². The van der Waals surface area contributed by atoms with Gasteiger partial charge in [-0.1, -0.05) is 23.2 Å². The lowest BCUT2D eigenvalue weighted by Gasteiger charge is -1.74. The van der Waals surface area contributed by atoms with E-state index < -0.39 is 0 Å². The summed E-state index contributed by atoms with van der Waals surface area (Å²) in [6.45, 7) is 0. The van der Waals surface area contributed by atoms with E-state index in [4.69, 9.17) is 23.2 Å². The van der Waals surface area contributed by atoms with Gasteiger partial charge in [-0.05, 0) is 0 Å². The summed E-state index contributed by atoms with van der Waals surface area (Å²) in [4.78, 5) is 0. The molecule has 0 bridgehead atoms. The SMILES string of the molecule is Clc1[c]sc2c(Cl)[c]sc12. The first-order chi connectivity index (χ1) is 4.79. The molecule has 0 nitrogen and oxygen atoms in total. The Morgan fingerprint density at radius 2 is 1.30 bits per heavy atom. The molecule has 0 N–H and O–H groups in total. The number of hydrogen-bond donors (Lipinski definition) is 0. The second-order valence-electron chi connectivity index (χ2n) is 1.69. The highest BCUT2D eigenvalue weighted by molar-refractivity contribution is 7.27. The molecule has 4 heteroatoms. The van der Waals surface area contributed by atoms with Crippen LogP contribution in [0.2, 0.25) is 10.0 Å². The van der Waals surface area contributed by atoms with E-state index in [0.29, 0.717) is 10.0 Å². The fourth-order valence-electron chi connectivity index (χ4n) is 0.666. The number of rotatable bonds is 0. The van der Waals surface area contributed by atoms with Crippen LogP contribution in [0.15, 0.2) is 0 Å². The minimum absolute atomic E-state index is 0.660. The van der Waals surface area contributed by atoms with Gasteiger partial charge in [-0.3, -0.25) is 0 Å². The topological polar surface area (TPSA) is 0 Å². The summed E-state index contributed by atoms with van der Waals surface area (Å²) >= 11 is 14.4. The minimum atomic E-state index is 0.660. The fraction of sp³-hybridized carbons (Fsp3) is 0. The van der Waals surface area contributed by atoms with E-state index in [1.807, 2.05) is 0 Å². The lowest BCUT2D eigenvalue weighted by atomic mass is 10.5. The Bertz CT molecular complexity index is 325. The maximum Gasteiger partial charge on any atom is 0.0780 e. The Labute approximate surface area is 76.0 Å². The Morgan fingerprint density at radius 3 is 1.70 bits per heavy atom. The molecule has 2 heterocycles. The van der Waals surface area contributed by atoms with Gasteiger partial charge in [0.05, 0.1) is 30.2 Å². The highest BCUT2D eigenvalue weighted by Gasteiger charge is 2.07. The van der Waals surface area contributed by atoms with Gasteiger partial charge in [0.2, 0.25) is 0 Å². The standard InChI is InChI=1S/C6Cl2S2/c7-3-1-9-6-4(8)2-10-5(3)6. The summed E-state index contributed by atoms with van der Waals surface area (Å²) < 4.78 is 1.99. The normalized spacial score (nSPS) is 11.0. The molecule has 2 rings (SSSR count). The van der Waals surface area contributed by atoms with Crippen molar-refractivity contribution in [3.8, 4) is 0 Å². The second kappa shape index (κ2) is 2.38. The van der Waals surface area contributed by atoms with E-state index in [-0.39, 0.29) is 0 Å². The van der Waals surface area contributed by atoms with Crippen LogP contribution in [0.25, 0.3) is 9.40 Å². The molecule has 0 aromatic carbocycles. The highest BCUT2D eigenvalue weighted by Crippen LogP contribution is 2.38. The zero-order chi connectivity index (χ0) is 7.14. The number of halogens is 2. The molecule has 0 saturated carbocycles. The summed E-state index contributed by atoms with van der Waals surface area (Å²) in [5, 5.41) is 7.14. The molecule has 0 fully saturated rings. The first kappa shape index (κ1) is 6.92. The molecule has 0 atom stereocenters. The van der Waals surface area contributed by atoms with Crippen molar-refractivity contribution >= 4 is 55.3 Å². The van der Waals surface area contributed by atoms with Crippen LogP contribution in [0.4, 0.5) is 0 Å². The maximum atomic E-state index is 5.77. The van der Waals surface area contributed by atoms with Gasteiger partial charge in [0.1, 0.15) is 0 Å². The van der Waals surface area contributed by atoms with E-state index in [1.165, 1.54) is 22.7 Å². The van der Waals surface area contributed by atoms with Gasteiger partial charge in [-0.25, -0.2) is 0 Å². The predicted octanol–water partition coefficient (Wildman–Crippen LogP) is 3.87. The van der Waals surface area contributed by atoms with Crippen molar-refractivity contribution in [2.75, 3.05) is 0 Å². The van der Waals surface area contributed by atoms with Gasteiger partial charge >= 0.3 is 0 Å². The minimum Gasteiger partial charge on any atom is -0.130 e. The third-order valence-corrected chi connectivity index (χ3v) is 4.07. The Balaban J connectivity index is 2.95. The zero-order valence-corrected chi connectivity index (χ0v) is 7.72. The van der Waals surface area contributed by atoms with Crippen molar-refractivity contribution < 1.29 is 0 Å². The predicted molar refractivity (Wildman–Crippen MR) is 47.4 cm³/mol. The third-order valence-electron chi connectivity index (χ3n) is 1.09. The van der Waals surface area contributed by atoms with Crippen molar-refractivity contribution in [2.45, 2.75) is 0 Å². The molecule has 2 aromatic rings. The van der Waals surface area contributed by atoms with Gasteiger partial charge in [0.25, 0.3) is 0 Å². The molecule has 50 valence electrons. The monoisotopic (exact) mass is 206 g/mol. The molecule has 10 heavy (non-hydrogen) atoms. The molecular formula is C6Cl2S2. The largest absolute Gasteiger partial charge is 0.130 e. The van der Waals surface area contributed by atoms with Crippen LogP contribution >= 0.6 is 45.9 Å². The summed E-state index contributed by atoms with van der Waals surface area (Å²) in [7, 11) is 0. The van der Waals surface area contributed by atoms with Crippen LogP contribution in [0.3, 0.4) is 0 Å². The molecule has 0 aliphatic heterocycles. The molecule has 0 spiro atoms. The quantitative estimate of drug-likeness (QED) is 0.615. The van der Waals surface area contributed by atoms with Crippen LogP contribution in [0.1, 0.15) is 0 Å². The van der Waals surface area contributed by atoms with E-state index in [9.17, 15) is 0 Å². The maximum absolute atomic E-state index is 5.77. The van der Waals surface area contributed by atoms with Crippen molar-refractivity contribution in [1.29, 1.82) is 0 Å². The Kier molecular flexibility index (Phi) is 1.65. The molecule has 0 aliphatic carbocycles. The van der Waals surface area contributed by atoms with Crippen LogP contribution in [-0.2, 0) is 0 Å². The average Bonchev–Trinajstić information content (AvgIpc) is 2.41. The zero-order valence-electron chi connectivity index (χ0n) is 4.57. The third kappa shape index (κ3) is 0.873. The molecule has 0 unspecified atom stereocenters.